The number of ether oxygens (including phenoxy) is 1. The number of nitrogens with one attached hydrogen (secondary N) is 1. The molecule has 0 heterocycles. The average molecular weight is 167 g/mol. The molecule has 0 saturated carbocycles. The zero-order chi connectivity index (χ0) is 8.97. The van der Waals surface area contributed by atoms with Crippen molar-refractivity contribution in [3.8, 4) is 5.75 Å². The summed E-state index contributed by atoms with van der Waals surface area (Å²) in [5, 5.41) is 11.1. The van der Waals surface area contributed by atoms with Crippen molar-refractivity contribution in [1.29, 1.82) is 0 Å². The summed E-state index contributed by atoms with van der Waals surface area (Å²) in [6.45, 7) is 2.49. The topological polar surface area (TPSA) is 36.7 Å². The van der Waals surface area contributed by atoms with Crippen LogP contribution in [0.3, 0.4) is 0 Å². The summed E-state index contributed by atoms with van der Waals surface area (Å²) >= 11 is 0. The van der Waals surface area contributed by atoms with Gasteiger partial charge in [-0.2, -0.15) is 0 Å². The van der Waals surface area contributed by atoms with Crippen molar-refractivity contribution >= 4 is 5.69 Å². The Morgan fingerprint density at radius 1 is 1.42 bits per heavy atom. The highest BCUT2D eigenvalue weighted by molar-refractivity contribution is 5.45. The number of para-hydroxylation sites is 2. The van der Waals surface area contributed by atoms with Gasteiger partial charge in [-0.15, -0.1) is 0 Å². The minimum Gasteiger partial charge on any atom is -0.629 e. The van der Waals surface area contributed by atoms with E-state index in [0.29, 0.717) is 18.0 Å². The van der Waals surface area contributed by atoms with Gasteiger partial charge in [-0.25, -0.2) is 0 Å². The molecule has 12 heavy (non-hydrogen) atoms. The highest BCUT2D eigenvalue weighted by Gasteiger charge is 2.04. The lowest BCUT2D eigenvalue weighted by Gasteiger charge is -2.18. The zero-order valence-electron chi connectivity index (χ0n) is 7.33. The van der Waals surface area contributed by atoms with E-state index in [9.17, 15) is 5.21 Å². The first-order chi connectivity index (χ1) is 5.75. The molecule has 66 valence electrons. The van der Waals surface area contributed by atoms with Crippen LogP contribution in [0.2, 0.25) is 0 Å². The lowest BCUT2D eigenvalue weighted by molar-refractivity contribution is -0.751. The van der Waals surface area contributed by atoms with Crippen molar-refractivity contribution in [1.82, 2.24) is 0 Å². The molecule has 0 bridgehead atoms. The third kappa shape index (κ3) is 1.96. The molecule has 1 atom stereocenters. The van der Waals surface area contributed by atoms with Crippen LogP contribution in [0.4, 0.5) is 5.69 Å². The third-order valence-electron chi connectivity index (χ3n) is 1.57. The predicted molar refractivity (Wildman–Crippen MR) is 47.5 cm³/mol. The van der Waals surface area contributed by atoms with Crippen LogP contribution in [0.1, 0.15) is 6.92 Å². The van der Waals surface area contributed by atoms with Gasteiger partial charge in [0.2, 0.25) is 0 Å². The number of hydrogen-bond acceptors (Lipinski definition) is 2. The van der Waals surface area contributed by atoms with Gasteiger partial charge in [-0.3, -0.25) is 0 Å². The Balaban J connectivity index is 2.92. The van der Waals surface area contributed by atoms with Crippen molar-refractivity contribution in [3.63, 3.8) is 0 Å². The van der Waals surface area contributed by atoms with E-state index in [0.717, 1.165) is 0 Å². The molecular formula is C9H13NO2. The number of hydrogen-bond donors (Lipinski definition) is 1. The van der Waals surface area contributed by atoms with Gasteiger partial charge in [0.05, 0.1) is 13.7 Å². The Labute approximate surface area is 72.1 Å². The molecule has 1 aromatic rings. The standard InChI is InChI=1S/C9H13NO2/c1-3-12-9-7-5-4-6-8(9)10(2)11/h4-7,10H,3H2,1-2H3. The fraction of sp³-hybridized carbons (Fsp3) is 0.333. The zero-order valence-corrected chi connectivity index (χ0v) is 7.33. The largest absolute Gasteiger partial charge is 0.629 e. The smallest absolute Gasteiger partial charge is 0.180 e. The Morgan fingerprint density at radius 2 is 2.08 bits per heavy atom. The van der Waals surface area contributed by atoms with Gasteiger partial charge < -0.3 is 15.0 Å². The molecule has 0 saturated heterocycles. The first kappa shape index (κ1) is 9.03. The summed E-state index contributed by atoms with van der Waals surface area (Å²) in [5.41, 5.74) is 0.652. The second-order valence-corrected chi connectivity index (χ2v) is 2.49. The first-order valence-corrected chi connectivity index (χ1v) is 3.98. The average Bonchev–Trinajstić information content (AvgIpc) is 2.05. The van der Waals surface area contributed by atoms with E-state index in [1.54, 1.807) is 12.1 Å². The first-order valence-electron chi connectivity index (χ1n) is 3.98. The highest BCUT2D eigenvalue weighted by Crippen LogP contribution is 2.18. The van der Waals surface area contributed by atoms with Crippen molar-refractivity contribution in [2.75, 3.05) is 13.7 Å². The fourth-order valence-corrected chi connectivity index (χ4v) is 1.04. The van der Waals surface area contributed by atoms with Gasteiger partial charge in [-0.1, -0.05) is 12.1 Å². The number of benzene rings is 1. The summed E-state index contributed by atoms with van der Waals surface area (Å²) in [4.78, 5) is 0. The van der Waals surface area contributed by atoms with Crippen molar-refractivity contribution in [2.45, 2.75) is 6.92 Å². The predicted octanol–water partition coefficient (Wildman–Crippen LogP) is 0.729. The highest BCUT2D eigenvalue weighted by atomic mass is 16.5. The van der Waals surface area contributed by atoms with Crippen molar-refractivity contribution in [3.05, 3.63) is 29.5 Å². The minimum absolute atomic E-state index is 0.0408. The molecule has 1 aromatic carbocycles. The maximum atomic E-state index is 11.1. The van der Waals surface area contributed by atoms with Gasteiger partial charge in [0.15, 0.2) is 11.4 Å². The van der Waals surface area contributed by atoms with Gasteiger partial charge in [0.25, 0.3) is 0 Å². The molecule has 0 aliphatic heterocycles. The van der Waals surface area contributed by atoms with Crippen LogP contribution in [-0.2, 0) is 0 Å². The monoisotopic (exact) mass is 167 g/mol. The van der Waals surface area contributed by atoms with E-state index < -0.39 is 0 Å². The second kappa shape index (κ2) is 4.09. The SMILES string of the molecule is CCOc1ccccc1[NH+](C)[O-]. The van der Waals surface area contributed by atoms with Crippen LogP contribution in [0.5, 0.6) is 5.75 Å². The van der Waals surface area contributed by atoms with E-state index in [4.69, 9.17) is 4.74 Å². The van der Waals surface area contributed by atoms with Crippen LogP contribution in [0, 0.1) is 5.21 Å². The molecule has 1 N–H and O–H groups in total. The molecular weight excluding hydrogens is 154 g/mol. The number of hydroxylamine groups is 1. The molecule has 0 radical (unpaired) electrons. The second-order valence-electron chi connectivity index (χ2n) is 2.49. The molecule has 0 aliphatic carbocycles. The maximum Gasteiger partial charge on any atom is 0.180 e. The van der Waals surface area contributed by atoms with Gasteiger partial charge >= 0.3 is 0 Å². The van der Waals surface area contributed by atoms with Gasteiger partial charge in [-0.05, 0) is 13.0 Å². The van der Waals surface area contributed by atoms with Crippen LogP contribution in [-0.4, -0.2) is 13.7 Å². The molecule has 1 rings (SSSR count). The molecule has 0 spiro atoms. The quantitative estimate of drug-likeness (QED) is 0.674. The normalized spacial score (nSPS) is 12.6. The van der Waals surface area contributed by atoms with Crippen molar-refractivity contribution < 1.29 is 9.80 Å². The number of quaternary nitrogens is 1. The van der Waals surface area contributed by atoms with E-state index in [2.05, 4.69) is 0 Å². The van der Waals surface area contributed by atoms with Crippen LogP contribution in [0.15, 0.2) is 24.3 Å². The summed E-state index contributed by atoms with van der Waals surface area (Å²) < 4.78 is 5.28. The molecule has 3 nitrogen and oxygen atoms in total. The maximum absolute atomic E-state index is 11.1. The molecule has 0 aliphatic rings. The summed E-state index contributed by atoms with van der Waals surface area (Å²) in [6.07, 6.45) is 0. The lowest BCUT2D eigenvalue weighted by atomic mass is 10.3. The summed E-state index contributed by atoms with van der Waals surface area (Å²) in [6, 6.07) is 7.27. The molecule has 0 aromatic heterocycles. The van der Waals surface area contributed by atoms with E-state index >= 15 is 0 Å². The van der Waals surface area contributed by atoms with E-state index in [1.165, 1.54) is 7.05 Å². The Kier molecular flexibility index (Phi) is 3.08. The lowest BCUT2D eigenvalue weighted by Crippen LogP contribution is -2.98. The molecule has 0 fully saturated rings. The minimum atomic E-state index is 0.0408. The number of rotatable bonds is 3. The van der Waals surface area contributed by atoms with Crippen LogP contribution in [0.25, 0.3) is 0 Å². The molecule has 3 heteroatoms. The van der Waals surface area contributed by atoms with E-state index in [-0.39, 0.29) is 5.06 Å². The fourth-order valence-electron chi connectivity index (χ4n) is 1.04. The van der Waals surface area contributed by atoms with Crippen LogP contribution < -0.4 is 9.80 Å². The Hall–Kier alpha value is -1.06. The Morgan fingerprint density at radius 3 is 2.67 bits per heavy atom. The van der Waals surface area contributed by atoms with E-state index in [1.807, 2.05) is 19.1 Å². The van der Waals surface area contributed by atoms with Gasteiger partial charge in [0.1, 0.15) is 0 Å². The summed E-state index contributed by atoms with van der Waals surface area (Å²) in [5.74, 6) is 0.674. The molecule has 1 unspecified atom stereocenters. The third-order valence-corrected chi connectivity index (χ3v) is 1.57. The summed E-state index contributed by atoms with van der Waals surface area (Å²) in [7, 11) is 1.54. The van der Waals surface area contributed by atoms with Gasteiger partial charge in [0, 0.05) is 6.07 Å². The van der Waals surface area contributed by atoms with Crippen LogP contribution >= 0.6 is 0 Å². The van der Waals surface area contributed by atoms with Crippen molar-refractivity contribution in [2.24, 2.45) is 0 Å². The molecule has 0 amide bonds. The Bertz CT molecular complexity index is 248.